The molecule has 0 bridgehead atoms. The van der Waals surface area contributed by atoms with Crippen LogP contribution in [0.25, 0.3) is 11.2 Å². The number of fused-ring (bicyclic) bond motifs is 1. The fourth-order valence-corrected chi connectivity index (χ4v) is 6.96. The molecule has 1 saturated heterocycles. The Labute approximate surface area is 271 Å². The van der Waals surface area contributed by atoms with Gasteiger partial charge >= 0.3 is 23.5 Å². The number of rotatable bonds is 18. The number of hydrogen-bond acceptors (Lipinski definition) is 17. The maximum Gasteiger partial charge on any atom is 0.481 e. The number of ether oxygens (including phenoxy) is 1. The highest BCUT2D eigenvalue weighted by Gasteiger charge is 2.50. The zero-order valence-electron chi connectivity index (χ0n) is 25.2. The van der Waals surface area contributed by atoms with Crippen LogP contribution in [-0.4, -0.2) is 124 Å². The molecule has 1 aliphatic rings. The molecule has 24 nitrogen and oxygen atoms in total. The minimum atomic E-state index is -5.55. The number of carbonyl (C=O) groups excluding carboxylic acids is 2. The Morgan fingerprint density at radius 1 is 1.08 bits per heavy atom. The summed E-state index contributed by atoms with van der Waals surface area (Å²) in [6.45, 7) is 0.00730. The Bertz CT molecular complexity index is 1590. The highest BCUT2D eigenvalue weighted by atomic mass is 31.3. The van der Waals surface area contributed by atoms with Gasteiger partial charge < -0.3 is 56.0 Å². The van der Waals surface area contributed by atoms with Gasteiger partial charge in [-0.25, -0.2) is 28.6 Å². The molecule has 0 saturated carbocycles. The van der Waals surface area contributed by atoms with E-state index in [2.05, 4.69) is 34.4 Å². The molecule has 2 amide bonds. The van der Waals surface area contributed by atoms with Crippen molar-refractivity contribution in [3.8, 4) is 0 Å². The number of amides is 2. The van der Waals surface area contributed by atoms with Gasteiger partial charge in [0.05, 0.1) is 26.1 Å². The van der Waals surface area contributed by atoms with Gasteiger partial charge in [0, 0.05) is 24.9 Å². The van der Waals surface area contributed by atoms with Crippen LogP contribution in [0.5, 0.6) is 0 Å². The minimum absolute atomic E-state index is 0.00865. The van der Waals surface area contributed by atoms with Crippen LogP contribution in [0.3, 0.4) is 0 Å². The van der Waals surface area contributed by atoms with Crippen LogP contribution in [0.15, 0.2) is 12.7 Å². The first-order valence-electron chi connectivity index (χ1n) is 13.7. The molecule has 0 radical (unpaired) electrons. The monoisotopic (exact) mass is 751 g/mol. The zero-order valence-corrected chi connectivity index (χ0v) is 27.9. The van der Waals surface area contributed by atoms with Crippen molar-refractivity contribution in [3.63, 3.8) is 0 Å². The van der Waals surface area contributed by atoms with Crippen molar-refractivity contribution in [2.24, 2.45) is 5.41 Å². The van der Waals surface area contributed by atoms with Crippen LogP contribution >= 0.6 is 23.5 Å². The first-order valence-corrected chi connectivity index (χ1v) is 18.2. The highest BCUT2D eigenvalue weighted by molar-refractivity contribution is 7.61. The lowest BCUT2D eigenvalue weighted by atomic mass is 9.87. The SMILES string of the molecule is CC(C)(COP(=O)(O)OP(=O)(O)OC[C@H]1O[C@@H](n2cnc3c(N)ncnc32)[C@H](O)[C@@H]1OP(=O)(O)O)C(O)C(=O)NCCC(=O)NCCO. The fraction of sp³-hybridized carbons (Fsp3) is 0.667. The highest BCUT2D eigenvalue weighted by Crippen LogP contribution is 2.61. The fourth-order valence-electron chi connectivity index (χ4n) is 4.14. The van der Waals surface area contributed by atoms with Crippen molar-refractivity contribution >= 4 is 52.3 Å². The normalized spacial score (nSPS) is 23.4. The molecule has 3 heterocycles. The van der Waals surface area contributed by atoms with Gasteiger partial charge in [0.15, 0.2) is 17.7 Å². The predicted octanol–water partition coefficient (Wildman–Crippen LogP) is -2.60. The number of imidazole rings is 1. The Morgan fingerprint density at radius 2 is 1.75 bits per heavy atom. The lowest BCUT2D eigenvalue weighted by molar-refractivity contribution is -0.137. The summed E-state index contributed by atoms with van der Waals surface area (Å²) in [6.07, 6.45) is -6.88. The molecule has 48 heavy (non-hydrogen) atoms. The molecule has 0 aliphatic carbocycles. The maximum atomic E-state index is 12.6. The smallest absolute Gasteiger partial charge is 0.395 e. The standard InChI is InChI=1S/C21H36N7O17P3/c1-21(2,16(32)19(33)24-4-3-12(30)23-5-6-29)8-42-48(39,40)45-47(37,38)41-7-11-15(44-46(34,35)36)14(31)20(43-11)28-10-27-13-17(22)25-9-26-18(13)28/h9-11,14-16,20,29,31-32H,3-8H2,1-2H3,(H,23,30)(H,24,33)(H,37,38)(H,39,40)(H2,22,25,26)(H2,34,35,36)/t11-,14-,15-,16?,20-/m1/s1. The van der Waals surface area contributed by atoms with Crippen LogP contribution in [0.2, 0.25) is 0 Å². The van der Waals surface area contributed by atoms with E-state index in [1.54, 1.807) is 0 Å². The maximum absolute atomic E-state index is 12.6. The number of anilines is 1. The van der Waals surface area contributed by atoms with Crippen molar-refractivity contribution in [3.05, 3.63) is 12.7 Å². The predicted molar refractivity (Wildman–Crippen MR) is 157 cm³/mol. The molecule has 2 aromatic heterocycles. The van der Waals surface area contributed by atoms with Crippen LogP contribution < -0.4 is 16.4 Å². The number of aromatic nitrogens is 4. The molecule has 0 spiro atoms. The van der Waals surface area contributed by atoms with Gasteiger partial charge in [-0.3, -0.25) is 27.7 Å². The number of nitrogen functional groups attached to an aromatic ring is 1. The number of nitrogens with one attached hydrogen (secondary N) is 2. The van der Waals surface area contributed by atoms with Gasteiger partial charge in [-0.05, 0) is 0 Å². The quantitative estimate of drug-likeness (QED) is 0.0698. The molecule has 1 aliphatic heterocycles. The Hall–Kier alpha value is -2.50. The average molecular weight is 751 g/mol. The lowest BCUT2D eigenvalue weighted by Crippen LogP contribution is -2.46. The first-order chi connectivity index (χ1) is 22.2. The number of aliphatic hydroxyl groups is 3. The van der Waals surface area contributed by atoms with E-state index < -0.39 is 84.6 Å². The summed E-state index contributed by atoms with van der Waals surface area (Å²) in [5, 5.41) is 34.5. The molecule has 2 aromatic rings. The second kappa shape index (κ2) is 16.0. The van der Waals surface area contributed by atoms with Gasteiger partial charge in [-0.15, -0.1) is 0 Å². The van der Waals surface area contributed by atoms with Gasteiger partial charge in [-0.2, -0.15) is 4.31 Å². The Kier molecular flexibility index (Phi) is 13.3. The zero-order chi connectivity index (χ0) is 36.1. The van der Waals surface area contributed by atoms with E-state index in [1.807, 2.05) is 0 Å². The number of hydrogen-bond donors (Lipinski definition) is 10. The number of nitrogens with zero attached hydrogens (tertiary/aromatic N) is 4. The molecule has 7 atom stereocenters. The Balaban J connectivity index is 1.61. The van der Waals surface area contributed by atoms with Crippen LogP contribution in [-0.2, 0) is 45.9 Å². The molecule has 0 aromatic carbocycles. The molecular formula is C21H36N7O17P3. The largest absolute Gasteiger partial charge is 0.481 e. The average Bonchev–Trinajstić information content (AvgIpc) is 3.54. The van der Waals surface area contributed by atoms with E-state index in [1.165, 1.54) is 13.8 Å². The topological polar surface area (TPSA) is 367 Å². The number of phosphoric acid groups is 3. The molecule has 1 fully saturated rings. The Morgan fingerprint density at radius 3 is 2.40 bits per heavy atom. The van der Waals surface area contributed by atoms with Gasteiger partial charge in [-0.1, -0.05) is 13.8 Å². The summed E-state index contributed by atoms with van der Waals surface area (Å²) in [7, 11) is -16.3. The first kappa shape index (κ1) is 39.9. The van der Waals surface area contributed by atoms with Crippen LogP contribution in [0.4, 0.5) is 5.82 Å². The third-order valence-corrected chi connectivity index (χ3v) is 9.61. The lowest BCUT2D eigenvalue weighted by Gasteiger charge is -2.30. The number of phosphoric ester groups is 3. The van der Waals surface area contributed by atoms with Crippen molar-refractivity contribution in [2.45, 2.75) is 50.9 Å². The van der Waals surface area contributed by atoms with E-state index in [4.69, 9.17) is 24.6 Å². The van der Waals surface area contributed by atoms with E-state index >= 15 is 0 Å². The second-order valence-electron chi connectivity index (χ2n) is 10.8. The van der Waals surface area contributed by atoms with Crippen molar-refractivity contribution < 1.29 is 80.8 Å². The number of carbonyl (C=O) groups is 2. The summed E-state index contributed by atoms with van der Waals surface area (Å²) < 4.78 is 61.6. The van der Waals surface area contributed by atoms with Crippen LogP contribution in [0.1, 0.15) is 26.5 Å². The molecule has 27 heteroatoms. The van der Waals surface area contributed by atoms with Crippen LogP contribution in [0, 0.1) is 5.41 Å². The van der Waals surface area contributed by atoms with Gasteiger partial charge in [0.2, 0.25) is 11.8 Å². The third-order valence-electron chi connectivity index (χ3n) is 6.51. The molecule has 3 unspecified atom stereocenters. The van der Waals surface area contributed by atoms with Gasteiger partial charge in [0.1, 0.15) is 36.3 Å². The summed E-state index contributed by atoms with van der Waals surface area (Å²) in [6, 6.07) is 0. The van der Waals surface area contributed by atoms with Crippen molar-refractivity contribution in [1.82, 2.24) is 30.2 Å². The van der Waals surface area contributed by atoms with Gasteiger partial charge in [0.25, 0.3) is 0 Å². The van der Waals surface area contributed by atoms with Crippen molar-refractivity contribution in [1.29, 1.82) is 0 Å². The third kappa shape index (κ3) is 11.0. The second-order valence-corrected chi connectivity index (χ2v) is 15.0. The van der Waals surface area contributed by atoms with E-state index in [0.29, 0.717) is 0 Å². The minimum Gasteiger partial charge on any atom is -0.395 e. The summed E-state index contributed by atoms with van der Waals surface area (Å²) in [5.41, 5.74) is 4.26. The molecule has 11 N–H and O–H groups in total. The molecule has 272 valence electrons. The van der Waals surface area contributed by atoms with Crippen molar-refractivity contribution in [2.75, 3.05) is 38.6 Å². The van der Waals surface area contributed by atoms with E-state index in [-0.39, 0.29) is 43.1 Å². The molecule has 3 rings (SSSR count). The summed E-state index contributed by atoms with van der Waals surface area (Å²) >= 11 is 0. The number of aliphatic hydroxyl groups excluding tert-OH is 3. The van der Waals surface area contributed by atoms with E-state index in [9.17, 15) is 53.1 Å². The molecular weight excluding hydrogens is 715 g/mol. The van der Waals surface area contributed by atoms with E-state index in [0.717, 1.165) is 17.2 Å². The summed E-state index contributed by atoms with van der Waals surface area (Å²) in [5.74, 6) is -1.50. The number of nitrogens with two attached hydrogens (primary N) is 1. The summed E-state index contributed by atoms with van der Waals surface area (Å²) in [4.78, 5) is 74.5.